The quantitative estimate of drug-likeness (QED) is 0.596. The van der Waals surface area contributed by atoms with E-state index < -0.39 is 0 Å². The summed E-state index contributed by atoms with van der Waals surface area (Å²) < 4.78 is 0. The average Bonchev–Trinajstić information content (AvgIpc) is 3.03. The van der Waals surface area contributed by atoms with Gasteiger partial charge in [-0.05, 0) is 37.5 Å². The maximum Gasteiger partial charge on any atom is 0.141 e. The molecule has 2 unspecified atom stereocenters. The first-order chi connectivity index (χ1) is 8.77. The van der Waals surface area contributed by atoms with Gasteiger partial charge in [0, 0.05) is 22.5 Å². The summed E-state index contributed by atoms with van der Waals surface area (Å²) in [5.74, 6) is 2.40. The molecule has 2 aliphatic carbocycles. The molecule has 2 rings (SSSR count). The minimum Gasteiger partial charge on any atom is -0.299 e. The number of carbonyl (C=O) groups excluding carboxylic acids is 1. The first-order valence-corrected chi connectivity index (χ1v) is 9.68. The van der Waals surface area contributed by atoms with Gasteiger partial charge < -0.3 is 0 Å². The maximum atomic E-state index is 12.8. The van der Waals surface area contributed by atoms with E-state index in [2.05, 4.69) is 31.9 Å². The molecule has 3 heteroatoms. The van der Waals surface area contributed by atoms with E-state index >= 15 is 0 Å². The molecule has 0 heterocycles. The molecule has 0 aromatic heterocycles. The second-order valence-electron chi connectivity index (χ2n) is 6.01. The Morgan fingerprint density at radius 1 is 0.833 bits per heavy atom. The summed E-state index contributed by atoms with van der Waals surface area (Å²) in [6.07, 6.45) is 10.4. The summed E-state index contributed by atoms with van der Waals surface area (Å²) in [6.45, 7) is 0. The van der Waals surface area contributed by atoms with Crippen LogP contribution in [-0.4, -0.2) is 16.4 Å². The first-order valence-electron chi connectivity index (χ1n) is 7.43. The monoisotopic (exact) mass is 378 g/mol. The SMILES string of the molecule is O=C(C(CBr)C1CCCC1)C(CBr)C1CCCC1. The highest BCUT2D eigenvalue weighted by Crippen LogP contribution is 2.39. The molecule has 2 atom stereocenters. The molecule has 2 saturated carbocycles. The van der Waals surface area contributed by atoms with Crippen LogP contribution in [0.1, 0.15) is 51.4 Å². The molecule has 0 aromatic carbocycles. The summed E-state index contributed by atoms with van der Waals surface area (Å²) in [7, 11) is 0. The predicted molar refractivity (Wildman–Crippen MR) is 83.5 cm³/mol. The normalized spacial score (nSPS) is 25.4. The van der Waals surface area contributed by atoms with Crippen molar-refractivity contribution in [1.29, 1.82) is 0 Å². The third-order valence-electron chi connectivity index (χ3n) is 5.00. The number of alkyl halides is 2. The fraction of sp³-hybridized carbons (Fsp3) is 0.933. The van der Waals surface area contributed by atoms with Gasteiger partial charge >= 0.3 is 0 Å². The fourth-order valence-electron chi connectivity index (χ4n) is 3.86. The van der Waals surface area contributed by atoms with E-state index in [1.165, 1.54) is 51.4 Å². The number of ketones is 1. The summed E-state index contributed by atoms with van der Waals surface area (Å²) >= 11 is 7.19. The predicted octanol–water partition coefficient (Wildman–Crippen LogP) is 4.96. The van der Waals surface area contributed by atoms with Gasteiger partial charge in [-0.3, -0.25) is 4.79 Å². The molecular weight excluding hydrogens is 356 g/mol. The lowest BCUT2D eigenvalue weighted by Crippen LogP contribution is -2.34. The third-order valence-corrected chi connectivity index (χ3v) is 6.40. The molecular formula is C15H24Br2O. The number of halogens is 2. The smallest absolute Gasteiger partial charge is 0.141 e. The van der Waals surface area contributed by atoms with E-state index in [4.69, 9.17) is 0 Å². The van der Waals surface area contributed by atoms with E-state index in [0.717, 1.165) is 10.7 Å². The number of carbonyl (C=O) groups is 1. The van der Waals surface area contributed by atoms with Crippen LogP contribution in [0.4, 0.5) is 0 Å². The van der Waals surface area contributed by atoms with Gasteiger partial charge in [-0.15, -0.1) is 0 Å². The minimum absolute atomic E-state index is 0.274. The van der Waals surface area contributed by atoms with Crippen LogP contribution in [0.5, 0.6) is 0 Å². The summed E-state index contributed by atoms with van der Waals surface area (Å²) in [6, 6.07) is 0. The van der Waals surface area contributed by atoms with Crippen molar-refractivity contribution in [2.45, 2.75) is 51.4 Å². The highest BCUT2D eigenvalue weighted by molar-refractivity contribution is 9.09. The second kappa shape index (κ2) is 7.42. The standard InChI is InChI=1S/C15H24Br2O/c16-9-13(11-5-1-2-6-11)15(18)14(10-17)12-7-3-4-8-12/h11-14H,1-10H2. The largest absolute Gasteiger partial charge is 0.299 e. The van der Waals surface area contributed by atoms with Crippen molar-refractivity contribution in [2.75, 3.05) is 10.7 Å². The van der Waals surface area contributed by atoms with Crippen molar-refractivity contribution in [2.24, 2.45) is 23.7 Å². The topological polar surface area (TPSA) is 17.1 Å². The molecule has 104 valence electrons. The Bertz CT molecular complexity index is 242. The molecule has 1 nitrogen and oxygen atoms in total. The molecule has 0 saturated heterocycles. The van der Waals surface area contributed by atoms with E-state index in [0.29, 0.717) is 17.6 Å². The van der Waals surface area contributed by atoms with Gasteiger partial charge in [-0.2, -0.15) is 0 Å². The van der Waals surface area contributed by atoms with E-state index in [1.54, 1.807) is 0 Å². The van der Waals surface area contributed by atoms with Crippen molar-refractivity contribution in [3.8, 4) is 0 Å². The zero-order chi connectivity index (χ0) is 13.0. The number of rotatable bonds is 6. The van der Waals surface area contributed by atoms with Crippen LogP contribution in [0.3, 0.4) is 0 Å². The van der Waals surface area contributed by atoms with Gasteiger partial charge in [0.15, 0.2) is 0 Å². The molecule has 2 aliphatic rings. The van der Waals surface area contributed by atoms with Crippen LogP contribution >= 0.6 is 31.9 Å². The lowest BCUT2D eigenvalue weighted by atomic mass is 9.78. The van der Waals surface area contributed by atoms with Gasteiger partial charge in [-0.25, -0.2) is 0 Å². The molecule has 0 aromatic rings. The number of hydrogen-bond acceptors (Lipinski definition) is 1. The summed E-state index contributed by atoms with van der Waals surface area (Å²) in [5.41, 5.74) is 0. The highest BCUT2D eigenvalue weighted by atomic mass is 79.9. The lowest BCUT2D eigenvalue weighted by Gasteiger charge is -2.27. The number of hydrogen-bond donors (Lipinski definition) is 0. The second-order valence-corrected chi connectivity index (χ2v) is 7.31. The van der Waals surface area contributed by atoms with E-state index in [1.807, 2.05) is 0 Å². The molecule has 0 spiro atoms. The Kier molecular flexibility index (Phi) is 6.20. The number of Topliss-reactive ketones (excluding diaryl/α,β-unsaturated/α-hetero) is 1. The molecule has 0 aliphatic heterocycles. The minimum atomic E-state index is 0.274. The van der Waals surface area contributed by atoms with Gasteiger partial charge in [0.2, 0.25) is 0 Å². The molecule has 2 fully saturated rings. The van der Waals surface area contributed by atoms with Crippen LogP contribution in [0.25, 0.3) is 0 Å². The zero-order valence-electron chi connectivity index (χ0n) is 11.0. The maximum absolute atomic E-state index is 12.8. The molecule has 0 radical (unpaired) electrons. The van der Waals surface area contributed by atoms with Gasteiger partial charge in [-0.1, -0.05) is 57.5 Å². The van der Waals surface area contributed by atoms with Crippen LogP contribution < -0.4 is 0 Å². The van der Waals surface area contributed by atoms with Gasteiger partial charge in [0.1, 0.15) is 5.78 Å². The summed E-state index contributed by atoms with van der Waals surface area (Å²) in [4.78, 5) is 12.8. The Morgan fingerprint density at radius 3 is 1.44 bits per heavy atom. The van der Waals surface area contributed by atoms with Crippen molar-refractivity contribution in [3.05, 3.63) is 0 Å². The first kappa shape index (κ1) is 15.0. The lowest BCUT2D eigenvalue weighted by molar-refractivity contribution is -0.128. The Morgan fingerprint density at radius 2 is 1.17 bits per heavy atom. The van der Waals surface area contributed by atoms with Gasteiger partial charge in [0.05, 0.1) is 0 Å². The van der Waals surface area contributed by atoms with Gasteiger partial charge in [0.25, 0.3) is 0 Å². The van der Waals surface area contributed by atoms with Crippen LogP contribution in [0.2, 0.25) is 0 Å². The van der Waals surface area contributed by atoms with E-state index in [-0.39, 0.29) is 11.8 Å². The van der Waals surface area contributed by atoms with Crippen LogP contribution in [0, 0.1) is 23.7 Å². The fourth-order valence-corrected chi connectivity index (χ4v) is 5.56. The molecule has 0 bridgehead atoms. The third kappa shape index (κ3) is 3.39. The molecule has 0 amide bonds. The zero-order valence-corrected chi connectivity index (χ0v) is 14.2. The Labute approximate surface area is 128 Å². The van der Waals surface area contributed by atoms with Crippen LogP contribution in [-0.2, 0) is 4.79 Å². The van der Waals surface area contributed by atoms with Crippen molar-refractivity contribution in [1.82, 2.24) is 0 Å². The van der Waals surface area contributed by atoms with Crippen molar-refractivity contribution < 1.29 is 4.79 Å². The Hall–Kier alpha value is 0.630. The Balaban J connectivity index is 2.00. The molecule has 18 heavy (non-hydrogen) atoms. The van der Waals surface area contributed by atoms with Crippen LogP contribution in [0.15, 0.2) is 0 Å². The molecule has 0 N–H and O–H groups in total. The highest BCUT2D eigenvalue weighted by Gasteiger charge is 2.37. The van der Waals surface area contributed by atoms with Crippen molar-refractivity contribution >= 4 is 37.6 Å². The summed E-state index contributed by atoms with van der Waals surface area (Å²) in [5, 5.41) is 1.74. The average molecular weight is 380 g/mol. The van der Waals surface area contributed by atoms with E-state index in [9.17, 15) is 4.79 Å². The van der Waals surface area contributed by atoms with Crippen molar-refractivity contribution in [3.63, 3.8) is 0 Å².